The zero-order valence-electron chi connectivity index (χ0n) is 18.2. The smallest absolute Gasteiger partial charge is 0.295 e. The standard InChI is InChI=1S/C26H20ClN3O4/c1-15-18-6-2-5-9-22(18)34-24(15)26(33)30-20-8-4-3-7-19(20)29-25(32)21(30)14-23(31)28-17-12-10-16(27)11-13-17/h2-13,21H,14H2,1H3,(H,28,31)(H,29,32). The summed E-state index contributed by atoms with van der Waals surface area (Å²) in [5, 5.41) is 6.92. The van der Waals surface area contributed by atoms with Crippen LogP contribution in [0, 0.1) is 6.92 Å². The number of furan rings is 1. The second kappa shape index (κ2) is 8.68. The zero-order chi connectivity index (χ0) is 23.8. The number of benzene rings is 3. The number of carbonyl (C=O) groups is 3. The van der Waals surface area contributed by atoms with Gasteiger partial charge >= 0.3 is 0 Å². The minimum atomic E-state index is -1.07. The molecule has 3 aromatic carbocycles. The van der Waals surface area contributed by atoms with Gasteiger partial charge in [0.2, 0.25) is 11.8 Å². The number of nitrogens with zero attached hydrogens (tertiary/aromatic N) is 1. The molecule has 1 aromatic heterocycles. The van der Waals surface area contributed by atoms with Gasteiger partial charge < -0.3 is 15.1 Å². The van der Waals surface area contributed by atoms with Crippen molar-refractivity contribution < 1.29 is 18.8 Å². The molecule has 0 fully saturated rings. The van der Waals surface area contributed by atoms with Gasteiger partial charge in [0.15, 0.2) is 5.76 Å². The molecular weight excluding hydrogens is 454 g/mol. The third kappa shape index (κ3) is 3.91. The average molecular weight is 474 g/mol. The van der Waals surface area contributed by atoms with E-state index in [1.165, 1.54) is 4.90 Å². The van der Waals surface area contributed by atoms with Crippen LogP contribution < -0.4 is 15.5 Å². The van der Waals surface area contributed by atoms with Gasteiger partial charge in [0.1, 0.15) is 11.6 Å². The van der Waals surface area contributed by atoms with Crippen molar-refractivity contribution >= 4 is 57.4 Å². The monoisotopic (exact) mass is 473 g/mol. The zero-order valence-corrected chi connectivity index (χ0v) is 18.9. The molecule has 8 heteroatoms. The molecule has 0 bridgehead atoms. The van der Waals surface area contributed by atoms with Crippen LogP contribution in [-0.4, -0.2) is 23.8 Å². The molecule has 1 aliphatic heterocycles. The Hall–Kier alpha value is -4.10. The van der Waals surface area contributed by atoms with E-state index in [0.29, 0.717) is 33.2 Å². The van der Waals surface area contributed by atoms with Gasteiger partial charge in [0.25, 0.3) is 5.91 Å². The first-order valence-corrected chi connectivity index (χ1v) is 11.1. The van der Waals surface area contributed by atoms with Crippen molar-refractivity contribution in [3.63, 3.8) is 0 Å². The van der Waals surface area contributed by atoms with E-state index >= 15 is 0 Å². The van der Waals surface area contributed by atoms with Gasteiger partial charge in [-0.25, -0.2) is 0 Å². The molecule has 2 heterocycles. The van der Waals surface area contributed by atoms with Crippen molar-refractivity contribution in [3.8, 4) is 0 Å². The minimum Gasteiger partial charge on any atom is -0.451 e. The Labute approximate surface area is 200 Å². The van der Waals surface area contributed by atoms with E-state index < -0.39 is 23.8 Å². The SMILES string of the molecule is Cc1c(C(=O)N2c3ccccc3NC(=O)C2CC(=O)Nc2ccc(Cl)cc2)oc2ccccc12. The summed E-state index contributed by atoms with van der Waals surface area (Å²) < 4.78 is 5.89. The van der Waals surface area contributed by atoms with Crippen LogP contribution in [0.4, 0.5) is 17.1 Å². The van der Waals surface area contributed by atoms with Gasteiger partial charge in [-0.05, 0) is 49.4 Å². The molecule has 34 heavy (non-hydrogen) atoms. The number of rotatable bonds is 4. The summed E-state index contributed by atoms with van der Waals surface area (Å²) in [6, 6.07) is 19.9. The summed E-state index contributed by atoms with van der Waals surface area (Å²) in [6.45, 7) is 1.80. The number of anilines is 3. The molecule has 4 aromatic rings. The number of hydrogen-bond donors (Lipinski definition) is 2. The van der Waals surface area contributed by atoms with Gasteiger partial charge in [-0.15, -0.1) is 0 Å². The number of para-hydroxylation sites is 3. The molecule has 0 saturated heterocycles. The van der Waals surface area contributed by atoms with E-state index in [2.05, 4.69) is 10.6 Å². The van der Waals surface area contributed by atoms with Crippen LogP contribution in [0.1, 0.15) is 22.5 Å². The normalized spacial score (nSPS) is 15.1. The predicted octanol–water partition coefficient (Wildman–Crippen LogP) is 5.39. The Kier molecular flexibility index (Phi) is 5.55. The fourth-order valence-corrected chi connectivity index (χ4v) is 4.26. The molecule has 1 atom stereocenters. The third-order valence-electron chi connectivity index (χ3n) is 5.80. The van der Waals surface area contributed by atoms with E-state index in [-0.39, 0.29) is 12.2 Å². The highest BCUT2D eigenvalue weighted by Gasteiger charge is 2.40. The minimum absolute atomic E-state index is 0.133. The molecule has 3 amide bonds. The second-order valence-corrected chi connectivity index (χ2v) is 8.45. The Balaban J connectivity index is 1.51. The summed E-state index contributed by atoms with van der Waals surface area (Å²) in [5.74, 6) is -1.22. The average Bonchev–Trinajstić information content (AvgIpc) is 3.17. The maximum Gasteiger partial charge on any atom is 0.295 e. The summed E-state index contributed by atoms with van der Waals surface area (Å²) in [4.78, 5) is 41.0. The van der Waals surface area contributed by atoms with Crippen molar-refractivity contribution in [3.05, 3.63) is 89.1 Å². The molecular formula is C26H20ClN3O4. The van der Waals surface area contributed by atoms with Crippen LogP contribution >= 0.6 is 11.6 Å². The van der Waals surface area contributed by atoms with Crippen molar-refractivity contribution in [1.82, 2.24) is 0 Å². The lowest BCUT2D eigenvalue weighted by molar-refractivity contribution is -0.122. The summed E-state index contributed by atoms with van der Waals surface area (Å²) in [5.41, 5.74) is 2.78. The summed E-state index contributed by atoms with van der Waals surface area (Å²) in [7, 11) is 0. The number of amides is 3. The van der Waals surface area contributed by atoms with E-state index in [0.717, 1.165) is 5.39 Å². The molecule has 0 spiro atoms. The first-order chi connectivity index (χ1) is 16.4. The first-order valence-electron chi connectivity index (χ1n) is 10.7. The lowest BCUT2D eigenvalue weighted by Gasteiger charge is -2.35. The lowest BCUT2D eigenvalue weighted by atomic mass is 10.0. The van der Waals surface area contributed by atoms with E-state index in [9.17, 15) is 14.4 Å². The van der Waals surface area contributed by atoms with E-state index in [4.69, 9.17) is 16.0 Å². The maximum absolute atomic E-state index is 13.8. The highest BCUT2D eigenvalue weighted by Crippen LogP contribution is 2.36. The molecule has 0 radical (unpaired) electrons. The van der Waals surface area contributed by atoms with Gasteiger partial charge in [0.05, 0.1) is 17.8 Å². The topological polar surface area (TPSA) is 91.7 Å². The fourth-order valence-electron chi connectivity index (χ4n) is 4.13. The molecule has 0 aliphatic carbocycles. The van der Waals surface area contributed by atoms with E-state index in [1.54, 1.807) is 61.5 Å². The molecule has 0 saturated carbocycles. The third-order valence-corrected chi connectivity index (χ3v) is 6.05. The number of aryl methyl sites for hydroxylation is 1. The molecule has 2 N–H and O–H groups in total. The Morgan fingerprint density at radius 1 is 1.03 bits per heavy atom. The Morgan fingerprint density at radius 2 is 1.74 bits per heavy atom. The van der Waals surface area contributed by atoms with Crippen LogP contribution in [0.15, 0.2) is 77.2 Å². The van der Waals surface area contributed by atoms with Crippen molar-refractivity contribution in [2.75, 3.05) is 15.5 Å². The fraction of sp³-hybridized carbons (Fsp3) is 0.115. The molecule has 170 valence electrons. The van der Waals surface area contributed by atoms with Crippen LogP contribution in [-0.2, 0) is 9.59 Å². The summed E-state index contributed by atoms with van der Waals surface area (Å²) >= 11 is 5.91. The second-order valence-electron chi connectivity index (χ2n) is 8.01. The van der Waals surface area contributed by atoms with Gasteiger partial charge in [-0.2, -0.15) is 0 Å². The highest BCUT2D eigenvalue weighted by atomic mass is 35.5. The molecule has 7 nitrogen and oxygen atoms in total. The van der Waals surface area contributed by atoms with Crippen LogP contribution in [0.5, 0.6) is 0 Å². The number of hydrogen-bond acceptors (Lipinski definition) is 4. The van der Waals surface area contributed by atoms with Gasteiger partial charge in [0, 0.05) is 21.7 Å². The van der Waals surface area contributed by atoms with Crippen molar-refractivity contribution in [2.24, 2.45) is 0 Å². The largest absolute Gasteiger partial charge is 0.451 e. The predicted molar refractivity (Wildman–Crippen MR) is 131 cm³/mol. The van der Waals surface area contributed by atoms with Gasteiger partial charge in [-0.1, -0.05) is 41.9 Å². The Morgan fingerprint density at radius 3 is 2.50 bits per heavy atom. The number of nitrogens with one attached hydrogen (secondary N) is 2. The number of carbonyl (C=O) groups excluding carboxylic acids is 3. The van der Waals surface area contributed by atoms with Crippen molar-refractivity contribution in [1.29, 1.82) is 0 Å². The highest BCUT2D eigenvalue weighted by molar-refractivity contribution is 6.30. The molecule has 1 unspecified atom stereocenters. The number of halogens is 1. The van der Waals surface area contributed by atoms with Crippen LogP contribution in [0.2, 0.25) is 5.02 Å². The van der Waals surface area contributed by atoms with Crippen molar-refractivity contribution in [2.45, 2.75) is 19.4 Å². The molecule has 5 rings (SSSR count). The lowest BCUT2D eigenvalue weighted by Crippen LogP contribution is -2.52. The quantitative estimate of drug-likeness (QED) is 0.415. The van der Waals surface area contributed by atoms with E-state index in [1.807, 2.05) is 18.2 Å². The summed E-state index contributed by atoms with van der Waals surface area (Å²) in [6.07, 6.45) is -0.242. The van der Waals surface area contributed by atoms with Crippen LogP contribution in [0.3, 0.4) is 0 Å². The molecule has 1 aliphatic rings. The van der Waals surface area contributed by atoms with Crippen LogP contribution in [0.25, 0.3) is 11.0 Å². The number of fused-ring (bicyclic) bond motifs is 2. The first kappa shape index (κ1) is 21.7. The Bertz CT molecular complexity index is 1430. The maximum atomic E-state index is 13.8. The van der Waals surface area contributed by atoms with Gasteiger partial charge in [-0.3, -0.25) is 19.3 Å².